The number of ether oxygens (including phenoxy) is 1. The molecule has 130 valence electrons. The van der Waals surface area contributed by atoms with E-state index in [0.29, 0.717) is 6.04 Å². The summed E-state index contributed by atoms with van der Waals surface area (Å²) in [6.07, 6.45) is 2.92. The van der Waals surface area contributed by atoms with Crippen LogP contribution >= 0.6 is 22.9 Å². The van der Waals surface area contributed by atoms with Gasteiger partial charge in [-0.1, -0.05) is 11.6 Å². The van der Waals surface area contributed by atoms with Crippen LogP contribution < -0.4 is 5.32 Å². The van der Waals surface area contributed by atoms with E-state index in [0.717, 1.165) is 36.7 Å². The minimum Gasteiger partial charge on any atom is -0.444 e. The lowest BCUT2D eigenvalue weighted by Crippen LogP contribution is -2.39. The van der Waals surface area contributed by atoms with Crippen molar-refractivity contribution in [3.8, 4) is 0 Å². The van der Waals surface area contributed by atoms with Gasteiger partial charge in [-0.2, -0.15) is 0 Å². The van der Waals surface area contributed by atoms with Gasteiger partial charge in [-0.3, -0.25) is 0 Å². The standard InChI is InChI=1S/C17H27ClN2O2S/c1-12(13-10-15(18)23-11-13)19-8-5-9-20(14-6-7-14)16(21)22-17(2,3)4/h10-12,14,19H,5-9H2,1-4H3. The van der Waals surface area contributed by atoms with Crippen LogP contribution in [0.4, 0.5) is 4.79 Å². The van der Waals surface area contributed by atoms with Crippen molar-refractivity contribution in [3.63, 3.8) is 0 Å². The molecule has 0 radical (unpaired) electrons. The smallest absolute Gasteiger partial charge is 0.410 e. The number of nitrogens with zero attached hydrogens (tertiary/aromatic N) is 1. The maximum absolute atomic E-state index is 12.3. The summed E-state index contributed by atoms with van der Waals surface area (Å²) in [5, 5.41) is 5.56. The largest absolute Gasteiger partial charge is 0.444 e. The van der Waals surface area contributed by atoms with Crippen LogP contribution in [0.2, 0.25) is 4.34 Å². The third-order valence-corrected chi connectivity index (χ3v) is 4.84. The Balaban J connectivity index is 1.73. The zero-order valence-electron chi connectivity index (χ0n) is 14.4. The van der Waals surface area contributed by atoms with Gasteiger partial charge in [-0.05, 0) is 70.5 Å². The number of carbonyl (C=O) groups excluding carboxylic acids is 1. The molecule has 1 N–H and O–H groups in total. The Morgan fingerprint density at radius 1 is 1.52 bits per heavy atom. The molecule has 0 aliphatic heterocycles. The van der Waals surface area contributed by atoms with Crippen molar-refractivity contribution in [2.75, 3.05) is 13.1 Å². The first kappa shape index (κ1) is 18.6. The van der Waals surface area contributed by atoms with Crippen molar-refractivity contribution >= 4 is 29.0 Å². The number of thiophene rings is 1. The van der Waals surface area contributed by atoms with Gasteiger partial charge in [0, 0.05) is 18.6 Å². The van der Waals surface area contributed by atoms with Gasteiger partial charge in [0.15, 0.2) is 0 Å². The number of rotatable bonds is 7. The monoisotopic (exact) mass is 358 g/mol. The molecule has 1 amide bonds. The number of halogens is 1. The molecule has 1 aromatic rings. The van der Waals surface area contributed by atoms with Gasteiger partial charge in [0.05, 0.1) is 4.34 Å². The fourth-order valence-corrected chi connectivity index (χ4v) is 3.35. The van der Waals surface area contributed by atoms with E-state index in [1.165, 1.54) is 5.56 Å². The van der Waals surface area contributed by atoms with E-state index in [1.807, 2.05) is 31.7 Å². The average Bonchev–Trinajstić information content (AvgIpc) is 3.17. The maximum Gasteiger partial charge on any atom is 0.410 e. The molecule has 1 unspecified atom stereocenters. The Hall–Kier alpha value is -0.780. The highest BCUT2D eigenvalue weighted by molar-refractivity contribution is 7.14. The number of hydrogen-bond donors (Lipinski definition) is 1. The number of amides is 1. The summed E-state index contributed by atoms with van der Waals surface area (Å²) in [6, 6.07) is 2.65. The SMILES string of the molecule is CC(NCCCN(C(=O)OC(C)(C)C)C1CC1)c1csc(Cl)c1. The Morgan fingerprint density at radius 2 is 2.22 bits per heavy atom. The van der Waals surface area contributed by atoms with Crippen molar-refractivity contribution in [1.82, 2.24) is 10.2 Å². The highest BCUT2D eigenvalue weighted by atomic mass is 35.5. The molecule has 0 aromatic carbocycles. The molecule has 1 aliphatic rings. The van der Waals surface area contributed by atoms with E-state index in [9.17, 15) is 4.79 Å². The molecular formula is C17H27ClN2O2S. The van der Waals surface area contributed by atoms with Crippen LogP contribution in [0.15, 0.2) is 11.4 Å². The van der Waals surface area contributed by atoms with Crippen LogP contribution in [0.5, 0.6) is 0 Å². The van der Waals surface area contributed by atoms with Crippen molar-refractivity contribution in [2.24, 2.45) is 0 Å². The van der Waals surface area contributed by atoms with E-state index in [-0.39, 0.29) is 12.1 Å². The van der Waals surface area contributed by atoms with Gasteiger partial charge < -0.3 is 15.0 Å². The molecule has 1 atom stereocenters. The van der Waals surface area contributed by atoms with Crippen LogP contribution in [-0.2, 0) is 4.74 Å². The molecule has 4 nitrogen and oxygen atoms in total. The van der Waals surface area contributed by atoms with Gasteiger partial charge in [0.1, 0.15) is 5.60 Å². The highest BCUT2D eigenvalue weighted by Crippen LogP contribution is 2.28. The summed E-state index contributed by atoms with van der Waals surface area (Å²) in [6.45, 7) is 9.46. The zero-order chi connectivity index (χ0) is 17.0. The van der Waals surface area contributed by atoms with Crippen molar-refractivity contribution < 1.29 is 9.53 Å². The molecule has 1 aromatic heterocycles. The molecule has 1 aliphatic carbocycles. The molecule has 1 saturated carbocycles. The van der Waals surface area contributed by atoms with E-state index >= 15 is 0 Å². The minimum absolute atomic E-state index is 0.183. The van der Waals surface area contributed by atoms with E-state index < -0.39 is 5.60 Å². The number of nitrogens with one attached hydrogen (secondary N) is 1. The van der Waals surface area contributed by atoms with Gasteiger partial charge >= 0.3 is 6.09 Å². The second-order valence-electron chi connectivity index (χ2n) is 7.12. The van der Waals surface area contributed by atoms with Crippen molar-refractivity contribution in [3.05, 3.63) is 21.3 Å². The summed E-state index contributed by atoms with van der Waals surface area (Å²) in [5.41, 5.74) is 0.779. The lowest BCUT2D eigenvalue weighted by Gasteiger charge is -2.27. The van der Waals surface area contributed by atoms with E-state index in [1.54, 1.807) is 11.3 Å². The van der Waals surface area contributed by atoms with Gasteiger partial charge in [0.25, 0.3) is 0 Å². The molecule has 0 saturated heterocycles. The first-order valence-corrected chi connectivity index (χ1v) is 9.49. The predicted molar refractivity (Wildman–Crippen MR) is 96.3 cm³/mol. The molecule has 1 heterocycles. The Bertz CT molecular complexity index is 523. The summed E-state index contributed by atoms with van der Waals surface area (Å²) in [5.74, 6) is 0. The lowest BCUT2D eigenvalue weighted by atomic mass is 10.2. The quantitative estimate of drug-likeness (QED) is 0.709. The van der Waals surface area contributed by atoms with Gasteiger partial charge in [0.2, 0.25) is 0 Å². The zero-order valence-corrected chi connectivity index (χ0v) is 16.0. The first-order valence-electron chi connectivity index (χ1n) is 8.23. The predicted octanol–water partition coefficient (Wildman–Crippen LogP) is 4.84. The minimum atomic E-state index is -0.435. The fraction of sp³-hybridized carbons (Fsp3) is 0.706. The Morgan fingerprint density at radius 3 is 2.74 bits per heavy atom. The summed E-state index contributed by atoms with van der Waals surface area (Å²) in [7, 11) is 0. The fourth-order valence-electron chi connectivity index (χ4n) is 2.37. The molecule has 6 heteroatoms. The van der Waals surface area contributed by atoms with E-state index in [2.05, 4.69) is 17.6 Å². The first-order chi connectivity index (χ1) is 10.8. The third kappa shape index (κ3) is 6.32. The summed E-state index contributed by atoms with van der Waals surface area (Å²) in [4.78, 5) is 14.2. The Kier molecular flexibility index (Phi) is 6.34. The van der Waals surface area contributed by atoms with Crippen LogP contribution in [0.3, 0.4) is 0 Å². The van der Waals surface area contributed by atoms with Crippen LogP contribution in [0.1, 0.15) is 58.6 Å². The maximum atomic E-state index is 12.3. The average molecular weight is 359 g/mol. The van der Waals surface area contributed by atoms with Crippen LogP contribution in [0.25, 0.3) is 0 Å². The second-order valence-corrected chi connectivity index (χ2v) is 8.66. The summed E-state index contributed by atoms with van der Waals surface area (Å²) >= 11 is 7.52. The Labute approximate surface area is 148 Å². The van der Waals surface area contributed by atoms with Crippen molar-refractivity contribution in [1.29, 1.82) is 0 Å². The van der Waals surface area contributed by atoms with Crippen molar-refractivity contribution in [2.45, 2.75) is 64.6 Å². The topological polar surface area (TPSA) is 41.6 Å². The molecule has 2 rings (SSSR count). The van der Waals surface area contributed by atoms with E-state index in [4.69, 9.17) is 16.3 Å². The summed E-state index contributed by atoms with van der Waals surface area (Å²) < 4.78 is 6.32. The normalized spacial score (nSPS) is 16.2. The molecule has 23 heavy (non-hydrogen) atoms. The molecule has 0 bridgehead atoms. The van der Waals surface area contributed by atoms with Crippen LogP contribution in [-0.4, -0.2) is 35.7 Å². The van der Waals surface area contributed by atoms with Crippen LogP contribution in [0, 0.1) is 0 Å². The lowest BCUT2D eigenvalue weighted by molar-refractivity contribution is 0.0232. The number of hydrogen-bond acceptors (Lipinski definition) is 4. The van der Waals surface area contributed by atoms with Gasteiger partial charge in [-0.15, -0.1) is 11.3 Å². The number of carbonyl (C=O) groups is 1. The van der Waals surface area contributed by atoms with Gasteiger partial charge in [-0.25, -0.2) is 4.79 Å². The second kappa shape index (κ2) is 7.86. The molecule has 1 fully saturated rings. The third-order valence-electron chi connectivity index (χ3n) is 3.73. The molecule has 0 spiro atoms. The highest BCUT2D eigenvalue weighted by Gasteiger charge is 2.34. The molecular weight excluding hydrogens is 332 g/mol.